The molecule has 0 fully saturated rings. The summed E-state index contributed by atoms with van der Waals surface area (Å²) in [5.41, 5.74) is 3.07. The van der Waals surface area contributed by atoms with Gasteiger partial charge in [0.25, 0.3) is 5.91 Å². The fourth-order valence-electron chi connectivity index (χ4n) is 4.60. The normalized spacial score (nSPS) is 12.8. The number of H-pyrrole nitrogens is 2. The number of hydrogen-bond donors (Lipinski definition) is 3. The first kappa shape index (κ1) is 21.5. The number of carbonyl (C=O) groups is 2. The van der Waals surface area contributed by atoms with Crippen molar-refractivity contribution in [2.45, 2.75) is 6.42 Å². The molecule has 0 bridgehead atoms. The van der Waals surface area contributed by atoms with Gasteiger partial charge in [0.2, 0.25) is 5.75 Å². The van der Waals surface area contributed by atoms with E-state index in [9.17, 15) is 14.7 Å². The molecule has 2 aromatic carbocycles. The number of aromatic amines is 2. The van der Waals surface area contributed by atoms with E-state index in [1.165, 1.54) is 34.5 Å². The Bertz CT molecular complexity index is 1470. The molecule has 2 aromatic heterocycles. The number of rotatable bonds is 5. The fraction of sp³-hybridized carbons (Fsp3) is 0.250. The van der Waals surface area contributed by atoms with Gasteiger partial charge in [0.05, 0.1) is 45.2 Å². The molecule has 0 saturated carbocycles. The van der Waals surface area contributed by atoms with Gasteiger partial charge in [0, 0.05) is 23.4 Å². The van der Waals surface area contributed by atoms with E-state index in [-0.39, 0.29) is 17.4 Å². The maximum Gasteiger partial charge on any atom is 0.354 e. The van der Waals surface area contributed by atoms with Gasteiger partial charge in [0.1, 0.15) is 17.1 Å². The molecular formula is C24H23N3O7. The van der Waals surface area contributed by atoms with E-state index in [0.717, 1.165) is 10.9 Å². The number of hydrogen-bond acceptors (Lipinski definition) is 7. The molecule has 0 radical (unpaired) electrons. The number of nitrogens with zero attached hydrogens (tertiary/aromatic N) is 1. The molecule has 0 atom stereocenters. The Kier molecular flexibility index (Phi) is 5.00. The lowest BCUT2D eigenvalue weighted by molar-refractivity contribution is 0.0595. The SMILES string of the molecule is COC(=O)c1cc2c3c(cc(O)c2[nH]1)N(C(=O)c1cc2cc(OC)c(OC)c(OC)c2[nH]1)CC3. The van der Waals surface area contributed by atoms with Crippen LogP contribution in [0.4, 0.5) is 5.69 Å². The van der Waals surface area contributed by atoms with E-state index < -0.39 is 5.97 Å². The summed E-state index contributed by atoms with van der Waals surface area (Å²) in [6.45, 7) is 0.421. The molecule has 1 aliphatic rings. The number of nitrogens with one attached hydrogen (secondary N) is 2. The van der Waals surface area contributed by atoms with Gasteiger partial charge >= 0.3 is 5.97 Å². The van der Waals surface area contributed by atoms with E-state index in [2.05, 4.69) is 9.97 Å². The van der Waals surface area contributed by atoms with Gasteiger partial charge in [-0.15, -0.1) is 0 Å². The van der Waals surface area contributed by atoms with Crippen LogP contribution < -0.4 is 19.1 Å². The lowest BCUT2D eigenvalue weighted by Gasteiger charge is -2.17. The van der Waals surface area contributed by atoms with Gasteiger partial charge in [-0.2, -0.15) is 0 Å². The second-order valence-electron chi connectivity index (χ2n) is 7.86. The van der Waals surface area contributed by atoms with E-state index in [1.54, 1.807) is 23.1 Å². The summed E-state index contributed by atoms with van der Waals surface area (Å²) in [6.07, 6.45) is 0.571. The Morgan fingerprint density at radius 3 is 2.32 bits per heavy atom. The predicted molar refractivity (Wildman–Crippen MR) is 125 cm³/mol. The minimum atomic E-state index is -0.534. The van der Waals surface area contributed by atoms with Crippen LogP contribution >= 0.6 is 0 Å². The molecular weight excluding hydrogens is 442 g/mol. The van der Waals surface area contributed by atoms with Crippen LogP contribution in [0, 0.1) is 0 Å². The monoisotopic (exact) mass is 465 g/mol. The summed E-state index contributed by atoms with van der Waals surface area (Å²) in [7, 11) is 5.85. The van der Waals surface area contributed by atoms with Crippen LogP contribution in [0.15, 0.2) is 24.3 Å². The molecule has 4 aromatic rings. The zero-order valence-corrected chi connectivity index (χ0v) is 19.1. The summed E-state index contributed by atoms with van der Waals surface area (Å²) in [4.78, 5) is 33.1. The first-order valence-corrected chi connectivity index (χ1v) is 10.5. The van der Waals surface area contributed by atoms with Crippen LogP contribution in [0.3, 0.4) is 0 Å². The number of amides is 1. The number of benzene rings is 2. The first-order chi connectivity index (χ1) is 16.4. The Balaban J connectivity index is 1.59. The predicted octanol–water partition coefficient (Wildman–Crippen LogP) is 3.37. The smallest absolute Gasteiger partial charge is 0.354 e. The number of phenolic OH excluding ortho intramolecular Hbond substituents is 1. The summed E-state index contributed by atoms with van der Waals surface area (Å²) < 4.78 is 21.1. The summed E-state index contributed by atoms with van der Waals surface area (Å²) >= 11 is 0. The van der Waals surface area contributed by atoms with Crippen LogP contribution in [0.2, 0.25) is 0 Å². The van der Waals surface area contributed by atoms with Crippen molar-refractivity contribution in [1.82, 2.24) is 9.97 Å². The molecule has 3 N–H and O–H groups in total. The number of ether oxygens (including phenoxy) is 4. The molecule has 3 heterocycles. The standard InChI is InChI=1S/C24H23N3O7/c1-31-18-8-11-7-14(25-19(11)22(33-3)21(18)32-2)23(29)27-6-5-12-13-9-15(24(30)34-4)26-20(13)17(28)10-16(12)27/h7-10,25-26,28H,5-6H2,1-4H3. The maximum absolute atomic E-state index is 13.5. The van der Waals surface area contributed by atoms with Crippen LogP contribution in [-0.4, -0.2) is 61.9 Å². The number of methoxy groups -OCH3 is 4. The van der Waals surface area contributed by atoms with Crippen molar-refractivity contribution >= 4 is 39.4 Å². The third kappa shape index (κ3) is 3.02. The zero-order valence-electron chi connectivity index (χ0n) is 19.1. The molecule has 10 nitrogen and oxygen atoms in total. The van der Waals surface area contributed by atoms with Crippen LogP contribution in [0.1, 0.15) is 26.5 Å². The van der Waals surface area contributed by atoms with Crippen molar-refractivity contribution in [3.63, 3.8) is 0 Å². The van der Waals surface area contributed by atoms with Crippen molar-refractivity contribution in [3.05, 3.63) is 41.2 Å². The van der Waals surface area contributed by atoms with Gasteiger partial charge in [0.15, 0.2) is 11.5 Å². The van der Waals surface area contributed by atoms with Crippen molar-refractivity contribution in [2.24, 2.45) is 0 Å². The van der Waals surface area contributed by atoms with E-state index in [4.69, 9.17) is 18.9 Å². The van der Waals surface area contributed by atoms with Crippen LogP contribution in [-0.2, 0) is 11.2 Å². The highest BCUT2D eigenvalue weighted by atomic mass is 16.5. The molecule has 176 valence electrons. The van der Waals surface area contributed by atoms with Crippen molar-refractivity contribution in [3.8, 4) is 23.0 Å². The first-order valence-electron chi connectivity index (χ1n) is 10.5. The zero-order chi connectivity index (χ0) is 24.1. The van der Waals surface area contributed by atoms with Crippen molar-refractivity contribution < 1.29 is 33.6 Å². The lowest BCUT2D eigenvalue weighted by Crippen LogP contribution is -2.29. The number of anilines is 1. The topological polar surface area (TPSA) is 126 Å². The van der Waals surface area contributed by atoms with Gasteiger partial charge in [-0.05, 0) is 30.2 Å². The highest BCUT2D eigenvalue weighted by Gasteiger charge is 2.31. The molecule has 0 spiro atoms. The summed E-state index contributed by atoms with van der Waals surface area (Å²) in [5.74, 6) is 0.477. The van der Waals surface area contributed by atoms with E-state index in [0.29, 0.717) is 58.0 Å². The molecule has 0 unspecified atom stereocenters. The molecule has 1 aliphatic heterocycles. The molecule has 0 aliphatic carbocycles. The number of fused-ring (bicyclic) bond motifs is 4. The van der Waals surface area contributed by atoms with Gasteiger partial charge in [-0.1, -0.05) is 0 Å². The minimum absolute atomic E-state index is 0.0589. The maximum atomic E-state index is 13.5. The molecule has 10 heteroatoms. The minimum Gasteiger partial charge on any atom is -0.506 e. The number of aromatic nitrogens is 2. The van der Waals surface area contributed by atoms with Gasteiger partial charge in [-0.25, -0.2) is 4.79 Å². The fourth-order valence-corrected chi connectivity index (χ4v) is 4.60. The molecule has 34 heavy (non-hydrogen) atoms. The van der Waals surface area contributed by atoms with E-state index in [1.807, 2.05) is 0 Å². The number of esters is 1. The quantitative estimate of drug-likeness (QED) is 0.386. The van der Waals surface area contributed by atoms with E-state index >= 15 is 0 Å². The Morgan fingerprint density at radius 2 is 1.65 bits per heavy atom. The average molecular weight is 465 g/mol. The highest BCUT2D eigenvalue weighted by molar-refractivity contribution is 6.11. The molecule has 0 saturated heterocycles. The van der Waals surface area contributed by atoms with Crippen molar-refractivity contribution in [2.75, 3.05) is 39.9 Å². The van der Waals surface area contributed by atoms with Crippen LogP contribution in [0.25, 0.3) is 21.8 Å². The number of carbonyl (C=O) groups excluding carboxylic acids is 2. The summed E-state index contributed by atoms with van der Waals surface area (Å²) in [5, 5.41) is 12.0. The van der Waals surface area contributed by atoms with Crippen molar-refractivity contribution in [1.29, 1.82) is 0 Å². The summed E-state index contributed by atoms with van der Waals surface area (Å²) in [6, 6.07) is 6.67. The number of phenols is 1. The Morgan fingerprint density at radius 1 is 0.912 bits per heavy atom. The Hall–Kier alpha value is -4.34. The Labute approximate surface area is 194 Å². The second kappa shape index (κ2) is 7.91. The van der Waals surface area contributed by atoms with Crippen LogP contribution in [0.5, 0.6) is 23.0 Å². The van der Waals surface area contributed by atoms with Gasteiger partial charge < -0.3 is 38.9 Å². The molecule has 5 rings (SSSR count). The average Bonchev–Trinajstić information content (AvgIpc) is 3.58. The highest BCUT2D eigenvalue weighted by Crippen LogP contribution is 2.44. The number of aromatic hydroxyl groups is 1. The lowest BCUT2D eigenvalue weighted by atomic mass is 10.1. The second-order valence-corrected chi connectivity index (χ2v) is 7.86. The third-order valence-corrected chi connectivity index (χ3v) is 6.16. The van der Waals surface area contributed by atoms with Gasteiger partial charge in [-0.3, -0.25) is 4.79 Å². The largest absolute Gasteiger partial charge is 0.506 e. The third-order valence-electron chi connectivity index (χ3n) is 6.16. The molecule has 1 amide bonds.